The fourth-order valence-corrected chi connectivity index (χ4v) is 5.07. The standard InChI is InChI=1S/C17H20ClNO5S/c18-12-7-9-13(10-8-12)25(22,23)19-11-3-4-14(19)17(21)24-16-6-2-1-5-15(16)20/h7-10,14,16H,1-6,11H2/t14-,16+/m0/s1. The number of nitrogens with zero attached hydrogens (tertiary/aromatic N) is 1. The second-order valence-corrected chi connectivity index (χ2v) is 8.69. The topological polar surface area (TPSA) is 80.8 Å². The van der Waals surface area contributed by atoms with Gasteiger partial charge in [-0.2, -0.15) is 4.31 Å². The first-order valence-electron chi connectivity index (χ1n) is 8.40. The first kappa shape index (κ1) is 18.4. The van der Waals surface area contributed by atoms with Gasteiger partial charge in [0.2, 0.25) is 10.0 Å². The number of halogens is 1. The third kappa shape index (κ3) is 3.88. The van der Waals surface area contributed by atoms with Crippen molar-refractivity contribution in [3.05, 3.63) is 29.3 Å². The van der Waals surface area contributed by atoms with E-state index in [1.54, 1.807) is 0 Å². The molecule has 6 nitrogen and oxygen atoms in total. The fraction of sp³-hybridized carbons (Fsp3) is 0.529. The van der Waals surface area contributed by atoms with E-state index in [4.69, 9.17) is 16.3 Å². The van der Waals surface area contributed by atoms with E-state index in [0.717, 1.165) is 12.8 Å². The highest BCUT2D eigenvalue weighted by molar-refractivity contribution is 7.89. The van der Waals surface area contributed by atoms with Crippen LogP contribution in [-0.2, 0) is 24.3 Å². The molecule has 0 unspecified atom stereocenters. The molecule has 25 heavy (non-hydrogen) atoms. The normalized spacial score (nSPS) is 25.1. The molecule has 0 bridgehead atoms. The Labute approximate surface area is 152 Å². The van der Waals surface area contributed by atoms with Crippen molar-refractivity contribution < 1.29 is 22.7 Å². The zero-order valence-corrected chi connectivity index (χ0v) is 15.3. The molecule has 1 saturated carbocycles. The molecular weight excluding hydrogens is 366 g/mol. The minimum Gasteiger partial charge on any atom is -0.453 e. The molecule has 0 amide bonds. The molecule has 1 aromatic rings. The number of carbonyl (C=O) groups is 2. The van der Waals surface area contributed by atoms with Gasteiger partial charge in [-0.3, -0.25) is 9.59 Å². The van der Waals surface area contributed by atoms with E-state index in [9.17, 15) is 18.0 Å². The molecule has 0 aromatic heterocycles. The monoisotopic (exact) mass is 385 g/mol. The number of ketones is 1. The summed E-state index contributed by atoms with van der Waals surface area (Å²) in [6.45, 7) is 0.253. The van der Waals surface area contributed by atoms with Gasteiger partial charge in [-0.25, -0.2) is 8.42 Å². The van der Waals surface area contributed by atoms with E-state index in [1.165, 1.54) is 28.6 Å². The lowest BCUT2D eigenvalue weighted by molar-refractivity contribution is -0.159. The van der Waals surface area contributed by atoms with Gasteiger partial charge in [-0.05, 0) is 56.4 Å². The van der Waals surface area contributed by atoms with Gasteiger partial charge in [-0.15, -0.1) is 0 Å². The number of hydrogen-bond acceptors (Lipinski definition) is 5. The number of Topliss-reactive ketones (excluding diaryl/α,β-unsaturated/α-hetero) is 1. The number of hydrogen-bond donors (Lipinski definition) is 0. The van der Waals surface area contributed by atoms with Crippen LogP contribution in [0.3, 0.4) is 0 Å². The molecular formula is C17H20ClNO5S. The van der Waals surface area contributed by atoms with Crippen molar-refractivity contribution >= 4 is 33.4 Å². The molecule has 0 N–H and O–H groups in total. The van der Waals surface area contributed by atoms with E-state index in [2.05, 4.69) is 0 Å². The number of rotatable bonds is 4. The Balaban J connectivity index is 1.76. The predicted octanol–water partition coefficient (Wildman–Crippen LogP) is 2.55. The van der Waals surface area contributed by atoms with Gasteiger partial charge in [-0.1, -0.05) is 11.6 Å². The van der Waals surface area contributed by atoms with Gasteiger partial charge in [0.25, 0.3) is 0 Å². The van der Waals surface area contributed by atoms with Crippen LogP contribution < -0.4 is 0 Å². The Morgan fingerprint density at radius 1 is 1.12 bits per heavy atom. The smallest absolute Gasteiger partial charge is 0.325 e. The van der Waals surface area contributed by atoms with E-state index in [1.807, 2.05) is 0 Å². The van der Waals surface area contributed by atoms with Gasteiger partial charge in [0.15, 0.2) is 11.9 Å². The van der Waals surface area contributed by atoms with Crippen molar-refractivity contribution in [1.29, 1.82) is 0 Å². The predicted molar refractivity (Wildman–Crippen MR) is 91.7 cm³/mol. The summed E-state index contributed by atoms with van der Waals surface area (Å²) in [5.41, 5.74) is 0. The summed E-state index contributed by atoms with van der Waals surface area (Å²) in [7, 11) is -3.82. The second-order valence-electron chi connectivity index (χ2n) is 6.37. The van der Waals surface area contributed by atoms with Gasteiger partial charge in [0.1, 0.15) is 6.04 Å². The van der Waals surface area contributed by atoms with Crippen molar-refractivity contribution in [2.45, 2.75) is 55.6 Å². The molecule has 1 aliphatic heterocycles. The average Bonchev–Trinajstić information content (AvgIpc) is 3.08. The molecule has 1 aliphatic carbocycles. The summed E-state index contributed by atoms with van der Waals surface area (Å²) in [6.07, 6.45) is 2.81. The molecule has 0 spiro atoms. The van der Waals surface area contributed by atoms with Crippen LogP contribution in [0.1, 0.15) is 38.5 Å². The summed E-state index contributed by atoms with van der Waals surface area (Å²) < 4.78 is 32.2. The van der Waals surface area contributed by atoms with Crippen LogP contribution in [0.2, 0.25) is 5.02 Å². The highest BCUT2D eigenvalue weighted by Gasteiger charge is 2.41. The molecule has 1 aromatic carbocycles. The second kappa shape index (κ2) is 7.43. The minimum atomic E-state index is -3.82. The first-order valence-corrected chi connectivity index (χ1v) is 10.2. The summed E-state index contributed by atoms with van der Waals surface area (Å²) >= 11 is 5.81. The lowest BCUT2D eigenvalue weighted by atomic mass is 9.96. The fourth-order valence-electron chi connectivity index (χ4n) is 3.30. The summed E-state index contributed by atoms with van der Waals surface area (Å²) in [5.74, 6) is -0.708. The maximum absolute atomic E-state index is 12.8. The Morgan fingerprint density at radius 2 is 1.84 bits per heavy atom. The van der Waals surface area contributed by atoms with Crippen molar-refractivity contribution in [2.24, 2.45) is 0 Å². The lowest BCUT2D eigenvalue weighted by Gasteiger charge is -2.26. The zero-order chi connectivity index (χ0) is 18.0. The number of benzene rings is 1. The third-order valence-corrected chi connectivity index (χ3v) is 6.83. The van der Waals surface area contributed by atoms with Crippen molar-refractivity contribution in [1.82, 2.24) is 4.31 Å². The van der Waals surface area contributed by atoms with Crippen LogP contribution >= 0.6 is 11.6 Å². The van der Waals surface area contributed by atoms with E-state index in [0.29, 0.717) is 30.7 Å². The van der Waals surface area contributed by atoms with Gasteiger partial charge in [0, 0.05) is 18.0 Å². The largest absolute Gasteiger partial charge is 0.453 e. The van der Waals surface area contributed by atoms with Gasteiger partial charge >= 0.3 is 5.97 Å². The van der Waals surface area contributed by atoms with E-state index >= 15 is 0 Å². The van der Waals surface area contributed by atoms with Crippen LogP contribution in [0.4, 0.5) is 0 Å². The van der Waals surface area contributed by atoms with E-state index < -0.39 is 28.1 Å². The summed E-state index contributed by atoms with van der Waals surface area (Å²) in [5, 5.41) is 0.437. The van der Waals surface area contributed by atoms with Gasteiger partial charge in [0.05, 0.1) is 4.90 Å². The average molecular weight is 386 g/mol. The first-order chi connectivity index (χ1) is 11.9. The Bertz CT molecular complexity index is 762. The maximum Gasteiger partial charge on any atom is 0.325 e. The number of sulfonamides is 1. The number of carbonyl (C=O) groups excluding carboxylic acids is 2. The van der Waals surface area contributed by atoms with Crippen LogP contribution in [0, 0.1) is 0 Å². The van der Waals surface area contributed by atoms with E-state index in [-0.39, 0.29) is 17.2 Å². The molecule has 136 valence electrons. The van der Waals surface area contributed by atoms with Crippen molar-refractivity contribution in [3.8, 4) is 0 Å². The Hall–Kier alpha value is -1.44. The lowest BCUT2D eigenvalue weighted by Crippen LogP contribution is -2.43. The van der Waals surface area contributed by atoms with Gasteiger partial charge < -0.3 is 4.74 Å². The van der Waals surface area contributed by atoms with Crippen LogP contribution in [0.25, 0.3) is 0 Å². The SMILES string of the molecule is O=C1CCCC[C@H]1OC(=O)[C@@H]1CCCN1S(=O)(=O)c1ccc(Cl)cc1. The Morgan fingerprint density at radius 3 is 2.52 bits per heavy atom. The zero-order valence-electron chi connectivity index (χ0n) is 13.7. The molecule has 2 atom stereocenters. The molecule has 0 radical (unpaired) electrons. The van der Waals surface area contributed by atoms with Crippen molar-refractivity contribution in [2.75, 3.05) is 6.54 Å². The molecule has 2 aliphatic rings. The summed E-state index contributed by atoms with van der Waals surface area (Å²) in [4.78, 5) is 24.4. The minimum absolute atomic E-state index is 0.0790. The van der Waals surface area contributed by atoms with Crippen LogP contribution in [0.5, 0.6) is 0 Å². The highest BCUT2D eigenvalue weighted by atomic mass is 35.5. The molecule has 1 heterocycles. The number of esters is 1. The number of ether oxygens (including phenoxy) is 1. The molecule has 8 heteroatoms. The van der Waals surface area contributed by atoms with Crippen LogP contribution in [-0.4, -0.2) is 43.2 Å². The maximum atomic E-state index is 12.8. The third-order valence-electron chi connectivity index (χ3n) is 4.65. The van der Waals surface area contributed by atoms with Crippen LogP contribution in [0.15, 0.2) is 29.2 Å². The Kier molecular flexibility index (Phi) is 5.46. The summed E-state index contributed by atoms with van der Waals surface area (Å²) in [6, 6.07) is 4.96. The highest BCUT2D eigenvalue weighted by Crippen LogP contribution is 2.28. The van der Waals surface area contributed by atoms with Crippen molar-refractivity contribution in [3.63, 3.8) is 0 Å². The quantitative estimate of drug-likeness (QED) is 0.744. The molecule has 1 saturated heterocycles. The molecule has 2 fully saturated rings. The molecule has 3 rings (SSSR count).